The highest BCUT2D eigenvalue weighted by Gasteiger charge is 2.21. The monoisotopic (exact) mass is 310 g/mol. The van der Waals surface area contributed by atoms with Crippen molar-refractivity contribution in [2.45, 2.75) is 11.8 Å². The van der Waals surface area contributed by atoms with Crippen molar-refractivity contribution >= 4 is 24.2 Å². The standard InChI is InChI=1S/C17H14N2O2S/c1-11-15(16(19-21-11)12-5-3-2-4-6-12)17(20)18-13-7-9-14(22)10-8-13/h2-10,22H,1H3,(H,18,20). The summed E-state index contributed by atoms with van der Waals surface area (Å²) in [5.41, 5.74) is 2.53. The van der Waals surface area contributed by atoms with Crippen molar-refractivity contribution in [3.8, 4) is 11.3 Å². The van der Waals surface area contributed by atoms with E-state index in [1.807, 2.05) is 42.5 Å². The number of aryl methyl sites for hydroxylation is 1. The molecular formula is C17H14N2O2S. The molecule has 0 aliphatic rings. The molecule has 1 aromatic heterocycles. The first-order chi connectivity index (χ1) is 10.6. The van der Waals surface area contributed by atoms with E-state index in [4.69, 9.17) is 4.52 Å². The molecule has 0 saturated heterocycles. The zero-order valence-corrected chi connectivity index (χ0v) is 12.8. The van der Waals surface area contributed by atoms with Gasteiger partial charge in [-0.1, -0.05) is 35.5 Å². The summed E-state index contributed by atoms with van der Waals surface area (Å²) in [6.07, 6.45) is 0. The number of nitrogens with one attached hydrogen (secondary N) is 1. The predicted octanol–water partition coefficient (Wildman–Crippen LogP) is 4.19. The minimum absolute atomic E-state index is 0.246. The molecule has 0 spiro atoms. The van der Waals surface area contributed by atoms with Crippen LogP contribution in [0, 0.1) is 6.92 Å². The van der Waals surface area contributed by atoms with E-state index in [0.29, 0.717) is 22.7 Å². The predicted molar refractivity (Wildman–Crippen MR) is 88.3 cm³/mol. The van der Waals surface area contributed by atoms with Crippen LogP contribution in [-0.2, 0) is 0 Å². The van der Waals surface area contributed by atoms with Crippen LogP contribution in [0.5, 0.6) is 0 Å². The van der Waals surface area contributed by atoms with Crippen molar-refractivity contribution in [3.63, 3.8) is 0 Å². The van der Waals surface area contributed by atoms with Gasteiger partial charge in [0.25, 0.3) is 5.91 Å². The van der Waals surface area contributed by atoms with E-state index in [2.05, 4.69) is 23.1 Å². The lowest BCUT2D eigenvalue weighted by Crippen LogP contribution is -2.13. The molecule has 0 bridgehead atoms. The highest BCUT2D eigenvalue weighted by atomic mass is 32.1. The molecule has 110 valence electrons. The van der Waals surface area contributed by atoms with E-state index in [9.17, 15) is 4.79 Å². The minimum Gasteiger partial charge on any atom is -0.360 e. The molecule has 3 aromatic rings. The lowest BCUT2D eigenvalue weighted by Gasteiger charge is -2.06. The van der Waals surface area contributed by atoms with Crippen molar-refractivity contribution in [2.24, 2.45) is 0 Å². The summed E-state index contributed by atoms with van der Waals surface area (Å²) in [4.78, 5) is 13.4. The number of thiol groups is 1. The molecule has 0 radical (unpaired) electrons. The second-order valence-electron chi connectivity index (χ2n) is 4.83. The van der Waals surface area contributed by atoms with Gasteiger partial charge >= 0.3 is 0 Å². The second-order valence-corrected chi connectivity index (χ2v) is 5.35. The molecular weight excluding hydrogens is 296 g/mol. The molecule has 3 rings (SSSR count). The molecule has 0 aliphatic heterocycles. The number of anilines is 1. The smallest absolute Gasteiger partial charge is 0.261 e. The van der Waals surface area contributed by atoms with Gasteiger partial charge in [-0.15, -0.1) is 12.6 Å². The van der Waals surface area contributed by atoms with Gasteiger partial charge in [-0.3, -0.25) is 4.79 Å². The van der Waals surface area contributed by atoms with Gasteiger partial charge in [0.05, 0.1) is 0 Å². The summed E-state index contributed by atoms with van der Waals surface area (Å²) in [6.45, 7) is 1.73. The van der Waals surface area contributed by atoms with Gasteiger partial charge in [0, 0.05) is 16.1 Å². The van der Waals surface area contributed by atoms with Crippen LogP contribution in [0.25, 0.3) is 11.3 Å². The van der Waals surface area contributed by atoms with Gasteiger partial charge in [-0.2, -0.15) is 0 Å². The molecule has 0 saturated carbocycles. The molecule has 0 atom stereocenters. The highest BCUT2D eigenvalue weighted by molar-refractivity contribution is 7.80. The fraction of sp³-hybridized carbons (Fsp3) is 0.0588. The van der Waals surface area contributed by atoms with Crippen LogP contribution in [0.1, 0.15) is 16.1 Å². The molecule has 22 heavy (non-hydrogen) atoms. The Morgan fingerprint density at radius 3 is 2.45 bits per heavy atom. The SMILES string of the molecule is Cc1onc(-c2ccccc2)c1C(=O)Nc1ccc(S)cc1. The number of carbonyl (C=O) groups excluding carboxylic acids is 1. The van der Waals surface area contributed by atoms with Crippen molar-refractivity contribution in [1.29, 1.82) is 0 Å². The molecule has 1 heterocycles. The molecule has 1 N–H and O–H groups in total. The molecule has 0 aliphatic carbocycles. The number of carbonyl (C=O) groups is 1. The van der Waals surface area contributed by atoms with Gasteiger partial charge in [0.2, 0.25) is 0 Å². The average molecular weight is 310 g/mol. The number of benzene rings is 2. The van der Waals surface area contributed by atoms with Crippen LogP contribution < -0.4 is 5.32 Å². The maximum atomic E-state index is 12.5. The van der Waals surface area contributed by atoms with Crippen molar-refractivity contribution < 1.29 is 9.32 Å². The van der Waals surface area contributed by atoms with Crippen molar-refractivity contribution in [2.75, 3.05) is 5.32 Å². The van der Waals surface area contributed by atoms with E-state index in [-0.39, 0.29) is 5.91 Å². The first-order valence-electron chi connectivity index (χ1n) is 6.77. The number of hydrogen-bond donors (Lipinski definition) is 2. The van der Waals surface area contributed by atoms with E-state index in [0.717, 1.165) is 10.5 Å². The normalized spacial score (nSPS) is 10.5. The summed E-state index contributed by atoms with van der Waals surface area (Å²) >= 11 is 4.22. The summed E-state index contributed by atoms with van der Waals surface area (Å²) in [5, 5.41) is 6.86. The van der Waals surface area contributed by atoms with Crippen LogP contribution in [0.3, 0.4) is 0 Å². The topological polar surface area (TPSA) is 55.1 Å². The van der Waals surface area contributed by atoms with Crippen LogP contribution >= 0.6 is 12.6 Å². The van der Waals surface area contributed by atoms with Crippen LogP contribution in [-0.4, -0.2) is 11.1 Å². The fourth-order valence-electron chi connectivity index (χ4n) is 2.17. The Labute approximate surface area is 133 Å². The molecule has 1 amide bonds. The van der Waals surface area contributed by atoms with E-state index in [1.165, 1.54) is 0 Å². The van der Waals surface area contributed by atoms with Gasteiger partial charge in [0.1, 0.15) is 17.0 Å². The summed E-state index contributed by atoms with van der Waals surface area (Å²) in [5.74, 6) is 0.242. The maximum absolute atomic E-state index is 12.5. The average Bonchev–Trinajstić information content (AvgIpc) is 2.92. The molecule has 0 fully saturated rings. The Hall–Kier alpha value is -2.53. The largest absolute Gasteiger partial charge is 0.360 e. The third-order valence-corrected chi connectivity index (χ3v) is 3.56. The van der Waals surface area contributed by atoms with E-state index < -0.39 is 0 Å². The minimum atomic E-state index is -0.246. The van der Waals surface area contributed by atoms with Crippen LogP contribution in [0.4, 0.5) is 5.69 Å². The number of nitrogens with zero attached hydrogens (tertiary/aromatic N) is 1. The van der Waals surface area contributed by atoms with Gasteiger partial charge in [-0.05, 0) is 31.2 Å². The first kappa shape index (κ1) is 14.4. The Morgan fingerprint density at radius 2 is 1.77 bits per heavy atom. The number of aromatic nitrogens is 1. The second kappa shape index (κ2) is 6.07. The van der Waals surface area contributed by atoms with Crippen LogP contribution in [0.2, 0.25) is 0 Å². The van der Waals surface area contributed by atoms with E-state index >= 15 is 0 Å². The Morgan fingerprint density at radius 1 is 1.09 bits per heavy atom. The van der Waals surface area contributed by atoms with Gasteiger partial charge in [0.15, 0.2) is 0 Å². The van der Waals surface area contributed by atoms with Crippen molar-refractivity contribution in [1.82, 2.24) is 5.16 Å². The molecule has 2 aromatic carbocycles. The summed E-state index contributed by atoms with van der Waals surface area (Å²) in [6, 6.07) is 16.7. The van der Waals surface area contributed by atoms with Gasteiger partial charge < -0.3 is 9.84 Å². The zero-order chi connectivity index (χ0) is 15.5. The third kappa shape index (κ3) is 2.89. The molecule has 4 nitrogen and oxygen atoms in total. The zero-order valence-electron chi connectivity index (χ0n) is 11.9. The summed E-state index contributed by atoms with van der Waals surface area (Å²) < 4.78 is 5.20. The molecule has 0 unspecified atom stereocenters. The van der Waals surface area contributed by atoms with E-state index in [1.54, 1.807) is 19.1 Å². The van der Waals surface area contributed by atoms with Crippen LogP contribution in [0.15, 0.2) is 64.0 Å². The Kier molecular flexibility index (Phi) is 3.98. The maximum Gasteiger partial charge on any atom is 0.261 e. The number of rotatable bonds is 3. The Bertz CT molecular complexity index is 795. The lowest BCUT2D eigenvalue weighted by molar-refractivity contribution is 0.102. The Balaban J connectivity index is 1.93. The lowest BCUT2D eigenvalue weighted by atomic mass is 10.1. The molecule has 5 heteroatoms. The van der Waals surface area contributed by atoms with Crippen molar-refractivity contribution in [3.05, 3.63) is 65.9 Å². The first-order valence-corrected chi connectivity index (χ1v) is 7.22. The van der Waals surface area contributed by atoms with Gasteiger partial charge in [-0.25, -0.2) is 0 Å². The number of hydrogen-bond acceptors (Lipinski definition) is 4. The highest BCUT2D eigenvalue weighted by Crippen LogP contribution is 2.26. The third-order valence-electron chi connectivity index (χ3n) is 3.26. The number of amides is 1. The quantitative estimate of drug-likeness (QED) is 0.713. The summed E-state index contributed by atoms with van der Waals surface area (Å²) in [7, 11) is 0. The fourth-order valence-corrected chi connectivity index (χ4v) is 2.32.